The minimum absolute atomic E-state index is 0.286. The van der Waals surface area contributed by atoms with E-state index in [-0.39, 0.29) is 6.04 Å². The van der Waals surface area contributed by atoms with Gasteiger partial charge in [0.1, 0.15) is 0 Å². The van der Waals surface area contributed by atoms with Crippen molar-refractivity contribution in [1.29, 1.82) is 0 Å². The van der Waals surface area contributed by atoms with Gasteiger partial charge >= 0.3 is 0 Å². The summed E-state index contributed by atoms with van der Waals surface area (Å²) in [5.74, 6) is 0. The van der Waals surface area contributed by atoms with E-state index in [2.05, 4.69) is 12.2 Å². The van der Waals surface area contributed by atoms with E-state index < -0.39 is 0 Å². The lowest BCUT2D eigenvalue weighted by atomic mass is 10.1. The van der Waals surface area contributed by atoms with Crippen molar-refractivity contribution in [2.75, 3.05) is 0 Å². The maximum absolute atomic E-state index is 6.12. The second-order valence-corrected chi connectivity index (χ2v) is 4.59. The molecule has 0 spiro atoms. The molecule has 1 aromatic rings. The Hall–Kier alpha value is -0.240. The van der Waals surface area contributed by atoms with Crippen LogP contribution in [0.3, 0.4) is 0 Å². The molecule has 1 unspecified atom stereocenters. The van der Waals surface area contributed by atoms with Gasteiger partial charge < -0.3 is 5.32 Å². The van der Waals surface area contributed by atoms with Crippen LogP contribution in [-0.2, 0) is 0 Å². The Bertz CT molecular complexity index is 334. The third kappa shape index (κ3) is 2.22. The fourth-order valence-electron chi connectivity index (χ4n) is 1.55. The quantitative estimate of drug-likeness (QED) is 0.832. The Morgan fingerprint density at radius 3 is 2.71 bits per heavy atom. The van der Waals surface area contributed by atoms with Gasteiger partial charge in [-0.3, -0.25) is 0 Å². The van der Waals surface area contributed by atoms with Gasteiger partial charge in [0.2, 0.25) is 0 Å². The summed E-state index contributed by atoms with van der Waals surface area (Å²) in [6.07, 6.45) is 2.56. The predicted octanol–water partition coefficient (Wildman–Crippen LogP) is 3.81. The van der Waals surface area contributed by atoms with Crippen LogP contribution >= 0.6 is 23.2 Å². The first-order chi connectivity index (χ1) is 6.68. The van der Waals surface area contributed by atoms with Crippen molar-refractivity contribution in [3.05, 3.63) is 33.8 Å². The summed E-state index contributed by atoms with van der Waals surface area (Å²) >= 11 is 12.1. The molecule has 1 aliphatic carbocycles. The van der Waals surface area contributed by atoms with E-state index in [9.17, 15) is 0 Å². The monoisotopic (exact) mass is 229 g/mol. The minimum Gasteiger partial charge on any atom is -0.307 e. The van der Waals surface area contributed by atoms with Crippen molar-refractivity contribution in [3.63, 3.8) is 0 Å². The smallest absolute Gasteiger partial charge is 0.0639 e. The molecule has 0 aromatic heterocycles. The summed E-state index contributed by atoms with van der Waals surface area (Å²) in [6, 6.07) is 6.74. The first kappa shape index (κ1) is 10.3. The van der Waals surface area contributed by atoms with Gasteiger partial charge in [-0.2, -0.15) is 0 Å². The second kappa shape index (κ2) is 4.09. The van der Waals surface area contributed by atoms with Gasteiger partial charge in [-0.25, -0.2) is 0 Å². The highest BCUT2D eigenvalue weighted by molar-refractivity contribution is 6.42. The van der Waals surface area contributed by atoms with Crippen molar-refractivity contribution < 1.29 is 0 Å². The van der Waals surface area contributed by atoms with Crippen LogP contribution in [0.1, 0.15) is 31.4 Å². The van der Waals surface area contributed by atoms with Crippen LogP contribution in [0.25, 0.3) is 0 Å². The van der Waals surface area contributed by atoms with Crippen molar-refractivity contribution in [2.24, 2.45) is 0 Å². The van der Waals surface area contributed by atoms with Crippen LogP contribution in [0.15, 0.2) is 18.2 Å². The summed E-state index contributed by atoms with van der Waals surface area (Å²) in [6.45, 7) is 2.12. The van der Waals surface area contributed by atoms with Crippen LogP contribution in [-0.4, -0.2) is 6.04 Å². The zero-order chi connectivity index (χ0) is 10.1. The van der Waals surface area contributed by atoms with Crippen molar-refractivity contribution in [1.82, 2.24) is 5.32 Å². The van der Waals surface area contributed by atoms with E-state index >= 15 is 0 Å². The summed E-state index contributed by atoms with van der Waals surface area (Å²) in [5, 5.41) is 4.80. The molecule has 76 valence electrons. The lowest BCUT2D eigenvalue weighted by Crippen LogP contribution is -2.20. The van der Waals surface area contributed by atoms with E-state index in [0.717, 1.165) is 5.56 Å². The fraction of sp³-hybridized carbons (Fsp3) is 0.455. The van der Waals surface area contributed by atoms with Crippen LogP contribution < -0.4 is 5.32 Å². The molecule has 0 aliphatic heterocycles. The van der Waals surface area contributed by atoms with Gasteiger partial charge in [0.15, 0.2) is 0 Å². The third-order valence-corrected chi connectivity index (χ3v) is 3.34. The van der Waals surface area contributed by atoms with E-state index in [4.69, 9.17) is 23.2 Å². The molecular weight excluding hydrogens is 217 g/mol. The van der Waals surface area contributed by atoms with Gasteiger partial charge in [-0.15, -0.1) is 0 Å². The molecule has 0 heterocycles. The molecule has 14 heavy (non-hydrogen) atoms. The number of hydrogen-bond donors (Lipinski definition) is 1. The molecule has 1 aliphatic rings. The summed E-state index contributed by atoms with van der Waals surface area (Å²) in [5.41, 5.74) is 1.09. The first-order valence-electron chi connectivity index (χ1n) is 4.88. The summed E-state index contributed by atoms with van der Waals surface area (Å²) < 4.78 is 0. The van der Waals surface area contributed by atoms with Gasteiger partial charge in [-0.1, -0.05) is 35.3 Å². The third-order valence-electron chi connectivity index (χ3n) is 2.51. The largest absolute Gasteiger partial charge is 0.307 e. The summed E-state index contributed by atoms with van der Waals surface area (Å²) in [7, 11) is 0. The van der Waals surface area contributed by atoms with E-state index in [1.807, 2.05) is 18.2 Å². The zero-order valence-electron chi connectivity index (χ0n) is 8.06. The molecule has 1 nitrogen and oxygen atoms in total. The molecule has 1 aromatic carbocycles. The molecule has 0 amide bonds. The van der Waals surface area contributed by atoms with Gasteiger partial charge in [-0.05, 0) is 31.4 Å². The minimum atomic E-state index is 0.286. The Balaban J connectivity index is 2.16. The van der Waals surface area contributed by atoms with Crippen molar-refractivity contribution >= 4 is 23.2 Å². The van der Waals surface area contributed by atoms with Crippen LogP contribution in [0.5, 0.6) is 0 Å². The SMILES string of the molecule is CC(NC1CC1)c1cccc(Cl)c1Cl. The first-order valence-corrected chi connectivity index (χ1v) is 5.64. The zero-order valence-corrected chi connectivity index (χ0v) is 9.57. The standard InChI is InChI=1S/C11H13Cl2N/c1-7(14-8-5-6-8)9-3-2-4-10(12)11(9)13/h2-4,7-8,14H,5-6H2,1H3. The molecule has 0 radical (unpaired) electrons. The molecule has 1 fully saturated rings. The Morgan fingerprint density at radius 2 is 2.07 bits per heavy atom. The highest BCUT2D eigenvalue weighted by Crippen LogP contribution is 2.31. The highest BCUT2D eigenvalue weighted by atomic mass is 35.5. The van der Waals surface area contributed by atoms with E-state index in [1.54, 1.807) is 0 Å². The van der Waals surface area contributed by atoms with Crippen molar-refractivity contribution in [3.8, 4) is 0 Å². The molecule has 1 atom stereocenters. The average Bonchev–Trinajstić information content (AvgIpc) is 2.93. The molecule has 3 heteroatoms. The van der Waals surface area contributed by atoms with Gasteiger partial charge in [0.05, 0.1) is 10.0 Å². The Morgan fingerprint density at radius 1 is 1.36 bits per heavy atom. The number of halogens is 2. The van der Waals surface area contributed by atoms with Crippen molar-refractivity contribution in [2.45, 2.75) is 31.8 Å². The number of nitrogens with one attached hydrogen (secondary N) is 1. The van der Waals surface area contributed by atoms with Gasteiger partial charge in [0, 0.05) is 12.1 Å². The van der Waals surface area contributed by atoms with Crippen LogP contribution in [0.4, 0.5) is 0 Å². The molecule has 1 N–H and O–H groups in total. The normalized spacial score (nSPS) is 18.2. The lowest BCUT2D eigenvalue weighted by molar-refractivity contribution is 0.571. The van der Waals surface area contributed by atoms with Crippen LogP contribution in [0.2, 0.25) is 10.0 Å². The highest BCUT2D eigenvalue weighted by Gasteiger charge is 2.24. The molecular formula is C11H13Cl2N. The molecule has 1 saturated carbocycles. The fourth-order valence-corrected chi connectivity index (χ4v) is 2.02. The van der Waals surface area contributed by atoms with Gasteiger partial charge in [0.25, 0.3) is 0 Å². The lowest BCUT2D eigenvalue weighted by Gasteiger charge is -2.15. The van der Waals surface area contributed by atoms with E-state index in [0.29, 0.717) is 16.1 Å². The Kier molecular flexibility index (Phi) is 3.01. The second-order valence-electron chi connectivity index (χ2n) is 3.81. The van der Waals surface area contributed by atoms with Crippen LogP contribution in [0, 0.1) is 0 Å². The topological polar surface area (TPSA) is 12.0 Å². The maximum Gasteiger partial charge on any atom is 0.0639 e. The molecule has 2 rings (SSSR count). The predicted molar refractivity (Wildman–Crippen MR) is 61.0 cm³/mol. The Labute approximate surface area is 94.4 Å². The maximum atomic E-state index is 6.12. The number of hydrogen-bond acceptors (Lipinski definition) is 1. The molecule has 0 bridgehead atoms. The molecule has 0 saturated heterocycles. The summed E-state index contributed by atoms with van der Waals surface area (Å²) in [4.78, 5) is 0. The van der Waals surface area contributed by atoms with E-state index in [1.165, 1.54) is 12.8 Å². The average molecular weight is 230 g/mol. The number of benzene rings is 1. The number of rotatable bonds is 3.